The second kappa shape index (κ2) is 7.88. The van der Waals surface area contributed by atoms with E-state index in [1.165, 1.54) is 5.56 Å². The van der Waals surface area contributed by atoms with Crippen LogP contribution in [0.3, 0.4) is 0 Å². The molecule has 0 radical (unpaired) electrons. The fraction of sp³-hybridized carbons (Fsp3) is 0.444. The van der Waals surface area contributed by atoms with Crippen LogP contribution in [0, 0.1) is 0 Å². The summed E-state index contributed by atoms with van der Waals surface area (Å²) >= 11 is 1.69. The van der Waals surface area contributed by atoms with Gasteiger partial charge in [-0.05, 0) is 6.92 Å². The summed E-state index contributed by atoms with van der Waals surface area (Å²) in [5, 5.41) is 3.20. The number of hydrogen-bond acceptors (Lipinski definition) is 5. The number of rotatable bonds is 5. The Morgan fingerprint density at radius 1 is 1.25 bits per heavy atom. The summed E-state index contributed by atoms with van der Waals surface area (Å²) < 4.78 is 0. The van der Waals surface area contributed by atoms with Crippen molar-refractivity contribution in [1.29, 1.82) is 0 Å². The Morgan fingerprint density at radius 3 is 2.62 bits per heavy atom. The molecule has 1 amide bonds. The van der Waals surface area contributed by atoms with Gasteiger partial charge in [0.15, 0.2) is 0 Å². The van der Waals surface area contributed by atoms with Gasteiger partial charge in [-0.25, -0.2) is 4.98 Å². The summed E-state index contributed by atoms with van der Waals surface area (Å²) in [4.78, 5) is 21.1. The minimum absolute atomic E-state index is 0.0676. The molecule has 128 valence electrons. The molecule has 0 spiro atoms. The number of nitrogens with zero attached hydrogens (tertiary/aromatic N) is 3. The van der Waals surface area contributed by atoms with Crippen molar-refractivity contribution in [2.24, 2.45) is 5.73 Å². The molecule has 5 nitrogen and oxygen atoms in total. The van der Waals surface area contributed by atoms with Gasteiger partial charge in [-0.2, -0.15) is 0 Å². The fourth-order valence-corrected chi connectivity index (χ4v) is 3.70. The molecule has 6 heteroatoms. The van der Waals surface area contributed by atoms with Crippen LogP contribution in [-0.4, -0.2) is 52.9 Å². The monoisotopic (exact) mass is 344 g/mol. The molecule has 1 fully saturated rings. The largest absolute Gasteiger partial charge is 0.340 e. The molecular weight excluding hydrogens is 320 g/mol. The summed E-state index contributed by atoms with van der Waals surface area (Å²) in [5.41, 5.74) is 7.99. The lowest BCUT2D eigenvalue weighted by atomic mass is 10.2. The fourth-order valence-electron chi connectivity index (χ4n) is 2.88. The highest BCUT2D eigenvalue weighted by Gasteiger charge is 2.22. The van der Waals surface area contributed by atoms with Crippen LogP contribution in [-0.2, 0) is 11.3 Å². The van der Waals surface area contributed by atoms with Crippen LogP contribution < -0.4 is 5.73 Å². The number of thiazole rings is 1. The predicted molar refractivity (Wildman–Crippen MR) is 97.7 cm³/mol. The molecule has 2 heterocycles. The van der Waals surface area contributed by atoms with Gasteiger partial charge in [0.2, 0.25) is 5.91 Å². The lowest BCUT2D eigenvalue weighted by molar-refractivity contribution is -0.133. The number of amides is 1. The summed E-state index contributed by atoms with van der Waals surface area (Å²) in [6.45, 7) is 6.06. The van der Waals surface area contributed by atoms with Crippen LogP contribution in [0.1, 0.15) is 19.0 Å². The lowest BCUT2D eigenvalue weighted by Crippen LogP contribution is -2.49. The molecular formula is C18H24N4OS. The molecule has 0 bridgehead atoms. The number of hydrogen-bond donors (Lipinski definition) is 1. The van der Waals surface area contributed by atoms with Gasteiger partial charge >= 0.3 is 0 Å². The van der Waals surface area contributed by atoms with Crippen molar-refractivity contribution in [3.8, 4) is 10.6 Å². The lowest BCUT2D eigenvalue weighted by Gasteiger charge is -2.34. The molecule has 1 unspecified atom stereocenters. The van der Waals surface area contributed by atoms with Crippen molar-refractivity contribution in [3.63, 3.8) is 0 Å². The zero-order valence-electron chi connectivity index (χ0n) is 14.0. The second-order valence-electron chi connectivity index (χ2n) is 6.35. The standard InChI is InChI=1S/C18H24N4OS/c1-14(19)11-17(23)22-9-7-21(8-10-22)12-16-13-24-18(20-16)15-5-3-2-4-6-15/h2-6,13-14H,7-12,19H2,1H3. The highest BCUT2D eigenvalue weighted by molar-refractivity contribution is 7.13. The highest BCUT2D eigenvalue weighted by atomic mass is 32.1. The predicted octanol–water partition coefficient (Wildman–Crippen LogP) is 2.19. The molecule has 24 heavy (non-hydrogen) atoms. The topological polar surface area (TPSA) is 62.5 Å². The molecule has 0 aliphatic carbocycles. The van der Waals surface area contributed by atoms with Gasteiger partial charge in [0.1, 0.15) is 5.01 Å². The third-order valence-corrected chi connectivity index (χ3v) is 5.12. The third-order valence-electron chi connectivity index (χ3n) is 4.18. The van der Waals surface area contributed by atoms with E-state index in [-0.39, 0.29) is 11.9 Å². The summed E-state index contributed by atoms with van der Waals surface area (Å²) in [5.74, 6) is 0.171. The van der Waals surface area contributed by atoms with E-state index in [1.807, 2.05) is 30.0 Å². The number of aromatic nitrogens is 1. The number of piperazine rings is 1. The van der Waals surface area contributed by atoms with Crippen LogP contribution in [0.5, 0.6) is 0 Å². The van der Waals surface area contributed by atoms with Crippen LogP contribution in [0.25, 0.3) is 10.6 Å². The Kier molecular flexibility index (Phi) is 5.60. The van der Waals surface area contributed by atoms with Crippen molar-refractivity contribution >= 4 is 17.2 Å². The molecule has 1 aliphatic heterocycles. The van der Waals surface area contributed by atoms with Gasteiger partial charge < -0.3 is 10.6 Å². The maximum Gasteiger partial charge on any atom is 0.224 e. The molecule has 3 rings (SSSR count). The third kappa shape index (κ3) is 4.41. The first-order valence-corrected chi connectivity index (χ1v) is 9.25. The summed E-state index contributed by atoms with van der Waals surface area (Å²) in [7, 11) is 0. The summed E-state index contributed by atoms with van der Waals surface area (Å²) in [6, 6.07) is 10.2. The molecule has 1 atom stereocenters. The van der Waals surface area contributed by atoms with E-state index in [9.17, 15) is 4.79 Å². The second-order valence-corrected chi connectivity index (χ2v) is 7.21. The zero-order valence-corrected chi connectivity index (χ0v) is 14.8. The SMILES string of the molecule is CC(N)CC(=O)N1CCN(Cc2csc(-c3ccccc3)n2)CC1. The van der Waals surface area contributed by atoms with E-state index in [2.05, 4.69) is 22.4 Å². The van der Waals surface area contributed by atoms with E-state index in [1.54, 1.807) is 11.3 Å². The molecule has 1 aromatic heterocycles. The Morgan fingerprint density at radius 2 is 1.96 bits per heavy atom. The number of benzene rings is 1. The first-order valence-electron chi connectivity index (χ1n) is 8.37. The number of carbonyl (C=O) groups excluding carboxylic acids is 1. The van der Waals surface area contributed by atoms with Gasteiger partial charge in [0, 0.05) is 56.1 Å². The van der Waals surface area contributed by atoms with E-state index in [4.69, 9.17) is 10.7 Å². The Balaban J connectivity index is 1.52. The first kappa shape index (κ1) is 17.1. The van der Waals surface area contributed by atoms with Crippen molar-refractivity contribution in [1.82, 2.24) is 14.8 Å². The zero-order chi connectivity index (χ0) is 16.9. The molecule has 2 aromatic rings. The van der Waals surface area contributed by atoms with Crippen molar-refractivity contribution in [3.05, 3.63) is 41.4 Å². The maximum atomic E-state index is 12.1. The average Bonchev–Trinajstić information content (AvgIpc) is 3.04. The van der Waals surface area contributed by atoms with Crippen LogP contribution in [0.2, 0.25) is 0 Å². The highest BCUT2D eigenvalue weighted by Crippen LogP contribution is 2.24. The number of carbonyl (C=O) groups is 1. The van der Waals surface area contributed by atoms with E-state index in [0.29, 0.717) is 6.42 Å². The number of nitrogens with two attached hydrogens (primary N) is 1. The Hall–Kier alpha value is -1.76. The van der Waals surface area contributed by atoms with E-state index < -0.39 is 0 Å². The van der Waals surface area contributed by atoms with Crippen molar-refractivity contribution in [2.75, 3.05) is 26.2 Å². The molecule has 2 N–H and O–H groups in total. The van der Waals surface area contributed by atoms with Crippen LogP contribution in [0.4, 0.5) is 0 Å². The minimum Gasteiger partial charge on any atom is -0.340 e. The van der Waals surface area contributed by atoms with Gasteiger partial charge in [-0.15, -0.1) is 11.3 Å². The Labute approximate surface area is 147 Å². The maximum absolute atomic E-state index is 12.1. The smallest absolute Gasteiger partial charge is 0.224 e. The van der Waals surface area contributed by atoms with Crippen LogP contribution >= 0.6 is 11.3 Å². The minimum atomic E-state index is -0.0676. The van der Waals surface area contributed by atoms with Gasteiger partial charge in [-0.1, -0.05) is 30.3 Å². The molecule has 1 aliphatic rings. The van der Waals surface area contributed by atoms with E-state index >= 15 is 0 Å². The van der Waals surface area contributed by atoms with Crippen LogP contribution in [0.15, 0.2) is 35.7 Å². The van der Waals surface area contributed by atoms with E-state index in [0.717, 1.165) is 43.4 Å². The average molecular weight is 344 g/mol. The molecule has 1 saturated heterocycles. The molecule has 0 saturated carbocycles. The van der Waals surface area contributed by atoms with Gasteiger partial charge in [-0.3, -0.25) is 9.69 Å². The van der Waals surface area contributed by atoms with Gasteiger partial charge in [0.05, 0.1) is 5.69 Å². The summed E-state index contributed by atoms with van der Waals surface area (Å²) in [6.07, 6.45) is 0.437. The molecule has 1 aromatic carbocycles. The van der Waals surface area contributed by atoms with Gasteiger partial charge in [0.25, 0.3) is 0 Å². The Bertz CT molecular complexity index is 663. The quantitative estimate of drug-likeness (QED) is 0.903. The first-order chi connectivity index (χ1) is 11.6. The normalized spacial score (nSPS) is 17.0. The van der Waals surface area contributed by atoms with Crippen molar-refractivity contribution < 1.29 is 4.79 Å². The van der Waals surface area contributed by atoms with Crippen molar-refractivity contribution in [2.45, 2.75) is 25.9 Å².